The monoisotopic (exact) mass is 294 g/mol. The molecule has 0 saturated carbocycles. The van der Waals surface area contributed by atoms with E-state index < -0.39 is 5.23 Å². The van der Waals surface area contributed by atoms with E-state index in [1.807, 2.05) is 76.8 Å². The average Bonchev–Trinajstić information content (AvgIpc) is 2.37. The molecule has 1 aromatic carbocycles. The molecule has 2 nitrogen and oxygen atoms in total. The van der Waals surface area contributed by atoms with Crippen LogP contribution >= 0.6 is 11.8 Å². The first-order chi connectivity index (χ1) is 9.66. The van der Waals surface area contributed by atoms with Crippen LogP contribution in [0.3, 0.4) is 0 Å². The summed E-state index contributed by atoms with van der Waals surface area (Å²) in [6.07, 6.45) is 0. The van der Waals surface area contributed by atoms with Crippen molar-refractivity contribution >= 4 is 17.7 Å². The molecule has 0 bridgehead atoms. The molecule has 0 aliphatic heterocycles. The molecule has 112 valence electrons. The molecule has 0 N–H and O–H groups in total. The Labute approximate surface area is 129 Å². The highest BCUT2D eigenvalue weighted by Gasteiger charge is 2.28. The largest absolute Gasteiger partial charge is 0.338 e. The van der Waals surface area contributed by atoms with Crippen molar-refractivity contribution in [3.05, 3.63) is 30.3 Å². The van der Waals surface area contributed by atoms with Crippen LogP contribution < -0.4 is 0 Å². The third-order valence-electron chi connectivity index (χ3n) is 3.37. The fourth-order valence-corrected chi connectivity index (χ4v) is 3.21. The van der Waals surface area contributed by atoms with Crippen LogP contribution in [-0.4, -0.2) is 28.1 Å². The minimum absolute atomic E-state index is 0.0564. The van der Waals surface area contributed by atoms with Gasteiger partial charge in [0.2, 0.25) is 5.91 Å². The average molecular weight is 294 g/mol. The van der Waals surface area contributed by atoms with Crippen LogP contribution in [0.15, 0.2) is 35.2 Å². The summed E-state index contributed by atoms with van der Waals surface area (Å²) in [6.45, 7) is 11.8. The van der Waals surface area contributed by atoms with E-state index in [-0.39, 0.29) is 23.9 Å². The van der Waals surface area contributed by atoms with Gasteiger partial charge in [0, 0.05) is 29.5 Å². The standard InChI is InChI=1S/C17H27NOS/c1-12(2)18(13(3)4)17(19)14(5)15(6)20-16-10-8-7-9-11-16/h7-15H,1-6H3/t14-,15+/m0/s1/i15D. The molecule has 0 heterocycles. The summed E-state index contributed by atoms with van der Waals surface area (Å²) < 4.78 is 8.59. The molecule has 0 radical (unpaired) electrons. The Morgan fingerprint density at radius 3 is 2.00 bits per heavy atom. The van der Waals surface area contributed by atoms with Gasteiger partial charge in [-0.1, -0.05) is 32.0 Å². The molecule has 2 atom stereocenters. The zero-order chi connectivity index (χ0) is 16.2. The number of thioether (sulfide) groups is 1. The van der Waals surface area contributed by atoms with Crippen LogP contribution in [0.1, 0.15) is 42.9 Å². The highest BCUT2D eigenvalue weighted by Crippen LogP contribution is 2.29. The molecule has 0 aliphatic carbocycles. The first-order valence-corrected chi connectivity index (χ1v) is 8.04. The number of carbonyl (C=O) groups excluding carboxylic acids is 1. The van der Waals surface area contributed by atoms with Gasteiger partial charge in [0.1, 0.15) is 0 Å². The van der Waals surface area contributed by atoms with Gasteiger partial charge in [0.15, 0.2) is 0 Å². The summed E-state index contributed by atoms with van der Waals surface area (Å²) in [6, 6.07) is 10.1. The summed E-state index contributed by atoms with van der Waals surface area (Å²) in [5.74, 6) is -0.312. The van der Waals surface area contributed by atoms with Gasteiger partial charge in [-0.3, -0.25) is 4.79 Å². The number of benzene rings is 1. The van der Waals surface area contributed by atoms with Crippen LogP contribution in [0.2, 0.25) is 0 Å². The molecule has 0 fully saturated rings. The van der Waals surface area contributed by atoms with Gasteiger partial charge in [-0.05, 0) is 39.8 Å². The van der Waals surface area contributed by atoms with Crippen LogP contribution in [0.4, 0.5) is 0 Å². The van der Waals surface area contributed by atoms with E-state index in [1.165, 1.54) is 11.8 Å². The normalized spacial score (nSPS) is 16.7. The van der Waals surface area contributed by atoms with Gasteiger partial charge in [0.25, 0.3) is 0 Å². The van der Waals surface area contributed by atoms with Crippen molar-refractivity contribution in [2.24, 2.45) is 5.92 Å². The quantitative estimate of drug-likeness (QED) is 0.723. The van der Waals surface area contributed by atoms with E-state index in [0.717, 1.165) is 4.90 Å². The first kappa shape index (κ1) is 15.4. The number of hydrogen-bond donors (Lipinski definition) is 0. The minimum atomic E-state index is -0.888. The summed E-state index contributed by atoms with van der Waals surface area (Å²) in [5, 5.41) is -0.888. The maximum absolute atomic E-state index is 12.8. The number of nitrogens with zero attached hydrogens (tertiary/aromatic N) is 1. The molecule has 1 aromatic rings. The molecule has 1 rings (SSSR count). The van der Waals surface area contributed by atoms with Gasteiger partial charge in [-0.25, -0.2) is 0 Å². The molecule has 0 aromatic heterocycles. The Balaban J connectivity index is 2.89. The third-order valence-corrected chi connectivity index (χ3v) is 4.55. The van der Waals surface area contributed by atoms with Gasteiger partial charge < -0.3 is 4.90 Å². The highest BCUT2D eigenvalue weighted by molar-refractivity contribution is 8.00. The first-order valence-electron chi connectivity index (χ1n) is 7.73. The lowest BCUT2D eigenvalue weighted by molar-refractivity contribution is -0.138. The number of amides is 1. The van der Waals surface area contributed by atoms with Crippen molar-refractivity contribution in [1.82, 2.24) is 4.90 Å². The Morgan fingerprint density at radius 2 is 1.55 bits per heavy atom. The Morgan fingerprint density at radius 1 is 1.05 bits per heavy atom. The maximum atomic E-state index is 12.8. The van der Waals surface area contributed by atoms with Crippen LogP contribution in [0, 0.1) is 5.92 Å². The van der Waals surface area contributed by atoms with E-state index in [4.69, 9.17) is 1.37 Å². The smallest absolute Gasteiger partial charge is 0.226 e. The molecule has 20 heavy (non-hydrogen) atoms. The second-order valence-electron chi connectivity index (χ2n) is 5.68. The SMILES string of the molecule is [2H][C@](C)(Sc1ccccc1)[C@H](C)C(=O)N(C(C)C)C(C)C. The second-order valence-corrected chi connectivity index (χ2v) is 7.00. The van der Waals surface area contributed by atoms with Gasteiger partial charge in [-0.2, -0.15) is 0 Å². The Kier molecular flexibility index (Phi) is 5.96. The minimum Gasteiger partial charge on any atom is -0.338 e. The molecule has 3 heteroatoms. The van der Waals surface area contributed by atoms with Crippen LogP contribution in [0.25, 0.3) is 0 Å². The number of carbonyl (C=O) groups is 1. The summed E-state index contributed by atoms with van der Waals surface area (Å²) in [7, 11) is 0. The van der Waals surface area contributed by atoms with E-state index in [2.05, 4.69) is 0 Å². The summed E-state index contributed by atoms with van der Waals surface area (Å²) in [5.41, 5.74) is 0. The molecular formula is C17H27NOS. The van der Waals surface area contributed by atoms with E-state index in [9.17, 15) is 4.79 Å². The third kappa shape index (κ3) is 4.55. The zero-order valence-corrected chi connectivity index (χ0v) is 14.2. The van der Waals surface area contributed by atoms with Crippen molar-refractivity contribution < 1.29 is 6.17 Å². The van der Waals surface area contributed by atoms with Crippen molar-refractivity contribution in [3.8, 4) is 0 Å². The van der Waals surface area contributed by atoms with Crippen LogP contribution in [0.5, 0.6) is 0 Å². The summed E-state index contributed by atoms with van der Waals surface area (Å²) in [4.78, 5) is 15.7. The van der Waals surface area contributed by atoms with Gasteiger partial charge in [0.05, 0.1) is 0 Å². The highest BCUT2D eigenvalue weighted by atomic mass is 32.2. The van der Waals surface area contributed by atoms with E-state index in [0.29, 0.717) is 0 Å². The lowest BCUT2D eigenvalue weighted by Crippen LogP contribution is -2.46. The molecule has 1 amide bonds. The molecule has 0 unspecified atom stereocenters. The maximum Gasteiger partial charge on any atom is 0.226 e. The predicted molar refractivity (Wildman–Crippen MR) is 88.0 cm³/mol. The van der Waals surface area contributed by atoms with Crippen molar-refractivity contribution in [2.75, 3.05) is 0 Å². The Hall–Kier alpha value is -0.960. The zero-order valence-electron chi connectivity index (χ0n) is 14.4. The molecule has 0 saturated heterocycles. The fourth-order valence-electron chi connectivity index (χ4n) is 2.27. The van der Waals surface area contributed by atoms with Crippen molar-refractivity contribution in [3.63, 3.8) is 0 Å². The predicted octanol–water partition coefficient (Wildman–Crippen LogP) is 4.45. The lowest BCUT2D eigenvalue weighted by atomic mass is 10.0. The van der Waals surface area contributed by atoms with Crippen LogP contribution in [-0.2, 0) is 4.79 Å². The lowest BCUT2D eigenvalue weighted by Gasteiger charge is -2.34. The number of hydrogen-bond acceptors (Lipinski definition) is 2. The molecule has 0 aliphatic rings. The van der Waals surface area contributed by atoms with E-state index in [1.54, 1.807) is 0 Å². The molecule has 0 spiro atoms. The topological polar surface area (TPSA) is 20.3 Å². The number of rotatable bonds is 6. The fraction of sp³-hybridized carbons (Fsp3) is 0.588. The second kappa shape index (κ2) is 7.72. The van der Waals surface area contributed by atoms with E-state index >= 15 is 0 Å². The van der Waals surface area contributed by atoms with Crippen molar-refractivity contribution in [1.29, 1.82) is 0 Å². The van der Waals surface area contributed by atoms with Crippen molar-refractivity contribution in [2.45, 2.75) is 63.7 Å². The molecular weight excluding hydrogens is 266 g/mol. The van der Waals surface area contributed by atoms with Gasteiger partial charge in [-0.15, -0.1) is 11.8 Å². The Bertz CT molecular complexity index is 451. The van der Waals surface area contributed by atoms with Gasteiger partial charge >= 0.3 is 0 Å². The summed E-state index contributed by atoms with van der Waals surface area (Å²) >= 11 is 1.44.